The Balaban J connectivity index is 2.25. The molecule has 7 heteroatoms. The molecular formula is C13H20N2O3S2. The van der Waals surface area contributed by atoms with Crippen LogP contribution < -0.4 is 0 Å². The lowest BCUT2D eigenvalue weighted by molar-refractivity contribution is -0.136. The summed E-state index contributed by atoms with van der Waals surface area (Å²) < 4.78 is 0.872. The third-order valence-electron chi connectivity index (χ3n) is 2.74. The highest BCUT2D eigenvalue weighted by atomic mass is 32.2. The minimum atomic E-state index is -0.864. The lowest BCUT2D eigenvalue weighted by atomic mass is 10.3. The normalized spacial score (nSPS) is 10.5. The van der Waals surface area contributed by atoms with E-state index in [1.54, 1.807) is 17.1 Å². The van der Waals surface area contributed by atoms with Crippen molar-refractivity contribution in [2.45, 2.75) is 37.4 Å². The predicted octanol–water partition coefficient (Wildman–Crippen LogP) is 2.51. The van der Waals surface area contributed by atoms with Gasteiger partial charge in [-0.1, -0.05) is 11.8 Å². The summed E-state index contributed by atoms with van der Waals surface area (Å²) in [5, 5.41) is 10.4. The molecule has 0 aliphatic heterocycles. The molecule has 0 fully saturated rings. The summed E-state index contributed by atoms with van der Waals surface area (Å²) in [6.07, 6.45) is 1.34. The summed E-state index contributed by atoms with van der Waals surface area (Å²) in [6.45, 7) is 5.48. The smallest absolute Gasteiger partial charge is 0.309 e. The first-order chi connectivity index (χ1) is 9.56. The van der Waals surface area contributed by atoms with Gasteiger partial charge < -0.3 is 10.0 Å². The zero-order valence-electron chi connectivity index (χ0n) is 11.8. The van der Waals surface area contributed by atoms with Crippen LogP contribution in [0.15, 0.2) is 9.72 Å². The van der Waals surface area contributed by atoms with Gasteiger partial charge in [-0.2, -0.15) is 0 Å². The fraction of sp³-hybridized carbons (Fsp3) is 0.615. The lowest BCUT2D eigenvalue weighted by Crippen LogP contribution is -2.30. The Morgan fingerprint density at radius 2 is 2.10 bits per heavy atom. The predicted molar refractivity (Wildman–Crippen MR) is 81.3 cm³/mol. The first-order valence-electron chi connectivity index (χ1n) is 6.63. The molecule has 20 heavy (non-hydrogen) atoms. The summed E-state index contributed by atoms with van der Waals surface area (Å²) in [4.78, 5) is 28.4. The van der Waals surface area contributed by atoms with E-state index >= 15 is 0 Å². The summed E-state index contributed by atoms with van der Waals surface area (Å²) in [5.41, 5.74) is 0.601. The number of thiazole rings is 1. The first-order valence-corrected chi connectivity index (χ1v) is 8.50. The number of amides is 1. The lowest BCUT2D eigenvalue weighted by Gasteiger charge is -2.18. The Bertz CT molecular complexity index is 445. The van der Waals surface area contributed by atoms with Gasteiger partial charge in [0.15, 0.2) is 0 Å². The maximum absolute atomic E-state index is 11.8. The van der Waals surface area contributed by atoms with Crippen molar-refractivity contribution < 1.29 is 14.7 Å². The van der Waals surface area contributed by atoms with Crippen LogP contribution in [0.2, 0.25) is 0 Å². The molecule has 0 aliphatic carbocycles. The fourth-order valence-electron chi connectivity index (χ4n) is 1.71. The molecule has 112 valence electrons. The molecule has 0 radical (unpaired) electrons. The van der Waals surface area contributed by atoms with Crippen LogP contribution in [0.25, 0.3) is 0 Å². The summed E-state index contributed by atoms with van der Waals surface area (Å²) >= 11 is 3.04. The molecule has 1 amide bonds. The molecule has 1 aromatic rings. The van der Waals surface area contributed by atoms with Crippen LogP contribution in [0.1, 0.15) is 32.4 Å². The SMILES string of the molecule is CCN(CC)C(=O)CCCSc1nc(CC(=O)O)cs1. The number of nitrogens with zero attached hydrogens (tertiary/aromatic N) is 2. The van der Waals surface area contributed by atoms with Gasteiger partial charge in [-0.05, 0) is 20.3 Å². The van der Waals surface area contributed by atoms with E-state index < -0.39 is 5.97 Å². The number of rotatable bonds is 9. The van der Waals surface area contributed by atoms with E-state index in [0.717, 1.165) is 29.6 Å². The van der Waals surface area contributed by atoms with Crippen LogP contribution in [-0.4, -0.2) is 45.7 Å². The molecule has 0 bridgehead atoms. The van der Waals surface area contributed by atoms with Crippen molar-refractivity contribution in [2.75, 3.05) is 18.8 Å². The first kappa shape index (κ1) is 17.0. The third-order valence-corrected chi connectivity index (χ3v) is 4.90. The van der Waals surface area contributed by atoms with Crippen molar-refractivity contribution >= 4 is 35.0 Å². The number of carboxylic acid groups (broad SMARTS) is 1. The van der Waals surface area contributed by atoms with Gasteiger partial charge in [0.1, 0.15) is 4.34 Å². The van der Waals surface area contributed by atoms with Crippen molar-refractivity contribution in [3.63, 3.8) is 0 Å². The third kappa shape index (κ3) is 5.92. The van der Waals surface area contributed by atoms with Gasteiger partial charge in [-0.25, -0.2) is 4.98 Å². The number of carboxylic acids is 1. The maximum Gasteiger partial charge on any atom is 0.309 e. The zero-order chi connectivity index (χ0) is 15.0. The average molecular weight is 316 g/mol. The number of aromatic nitrogens is 1. The van der Waals surface area contributed by atoms with Gasteiger partial charge >= 0.3 is 5.97 Å². The van der Waals surface area contributed by atoms with E-state index in [4.69, 9.17) is 5.11 Å². The molecule has 1 rings (SSSR count). The quantitative estimate of drug-likeness (QED) is 0.560. The second-order valence-corrected chi connectivity index (χ2v) is 6.39. The number of hydrogen-bond acceptors (Lipinski definition) is 5. The van der Waals surface area contributed by atoms with E-state index in [-0.39, 0.29) is 12.3 Å². The highest BCUT2D eigenvalue weighted by molar-refractivity contribution is 8.01. The fourth-order valence-corrected chi connectivity index (χ4v) is 3.56. The van der Waals surface area contributed by atoms with Crippen LogP contribution in [0.4, 0.5) is 0 Å². The van der Waals surface area contributed by atoms with Gasteiger partial charge in [-0.3, -0.25) is 9.59 Å². The molecule has 0 saturated heterocycles. The molecule has 0 saturated carbocycles. The van der Waals surface area contributed by atoms with Gasteiger partial charge in [0, 0.05) is 30.6 Å². The second kappa shape index (κ2) is 8.97. The van der Waals surface area contributed by atoms with E-state index in [1.165, 1.54) is 11.3 Å². The molecule has 1 aromatic heterocycles. The molecule has 0 unspecified atom stereocenters. The summed E-state index contributed by atoms with van der Waals surface area (Å²) in [7, 11) is 0. The van der Waals surface area contributed by atoms with Crippen molar-refractivity contribution in [1.82, 2.24) is 9.88 Å². The number of carbonyl (C=O) groups excluding carboxylic acids is 1. The number of carbonyl (C=O) groups is 2. The molecule has 0 aliphatic rings. The van der Waals surface area contributed by atoms with Crippen molar-refractivity contribution in [3.05, 3.63) is 11.1 Å². The second-order valence-electron chi connectivity index (χ2n) is 4.19. The monoisotopic (exact) mass is 316 g/mol. The van der Waals surface area contributed by atoms with Crippen LogP contribution in [0.3, 0.4) is 0 Å². The Kier molecular flexibility index (Phi) is 7.61. The van der Waals surface area contributed by atoms with Crippen molar-refractivity contribution in [3.8, 4) is 0 Å². The van der Waals surface area contributed by atoms with E-state index in [9.17, 15) is 9.59 Å². The average Bonchev–Trinajstić information content (AvgIpc) is 2.83. The Hall–Kier alpha value is -1.08. The number of thioether (sulfide) groups is 1. The molecule has 0 spiro atoms. The molecule has 1 heterocycles. The molecular weight excluding hydrogens is 296 g/mol. The van der Waals surface area contributed by atoms with Crippen molar-refractivity contribution in [2.24, 2.45) is 0 Å². The maximum atomic E-state index is 11.8. The van der Waals surface area contributed by atoms with Gasteiger partial charge in [0.25, 0.3) is 0 Å². The molecule has 0 atom stereocenters. The Morgan fingerprint density at radius 3 is 2.70 bits per heavy atom. The number of aliphatic carboxylic acids is 1. The van der Waals surface area contributed by atoms with E-state index in [2.05, 4.69) is 4.98 Å². The zero-order valence-corrected chi connectivity index (χ0v) is 13.4. The minimum absolute atomic E-state index is 0.0303. The molecule has 1 N–H and O–H groups in total. The largest absolute Gasteiger partial charge is 0.481 e. The van der Waals surface area contributed by atoms with Gasteiger partial charge in [0.05, 0.1) is 12.1 Å². The van der Waals surface area contributed by atoms with Crippen LogP contribution in [-0.2, 0) is 16.0 Å². The summed E-state index contributed by atoms with van der Waals surface area (Å²) in [5.74, 6) is 0.158. The Labute approximate surface area is 127 Å². The van der Waals surface area contributed by atoms with Crippen molar-refractivity contribution in [1.29, 1.82) is 0 Å². The standard InChI is InChI=1S/C13H20N2O3S2/c1-3-15(4-2)11(16)6-5-7-19-13-14-10(9-20-13)8-12(17)18/h9H,3-8H2,1-2H3,(H,17,18). The molecule has 5 nitrogen and oxygen atoms in total. The number of hydrogen-bond donors (Lipinski definition) is 1. The topological polar surface area (TPSA) is 70.5 Å². The Morgan fingerprint density at radius 1 is 1.40 bits per heavy atom. The van der Waals surface area contributed by atoms with E-state index in [1.807, 2.05) is 18.7 Å². The van der Waals surface area contributed by atoms with Gasteiger partial charge in [-0.15, -0.1) is 11.3 Å². The van der Waals surface area contributed by atoms with Crippen LogP contribution >= 0.6 is 23.1 Å². The van der Waals surface area contributed by atoms with Crippen LogP contribution in [0, 0.1) is 0 Å². The molecule has 0 aromatic carbocycles. The highest BCUT2D eigenvalue weighted by Gasteiger charge is 2.10. The van der Waals surface area contributed by atoms with E-state index in [0.29, 0.717) is 12.1 Å². The summed E-state index contributed by atoms with van der Waals surface area (Å²) in [6, 6.07) is 0. The minimum Gasteiger partial charge on any atom is -0.481 e. The van der Waals surface area contributed by atoms with Gasteiger partial charge in [0.2, 0.25) is 5.91 Å². The highest BCUT2D eigenvalue weighted by Crippen LogP contribution is 2.24. The van der Waals surface area contributed by atoms with Crippen LogP contribution in [0.5, 0.6) is 0 Å².